The van der Waals surface area contributed by atoms with E-state index in [2.05, 4.69) is 27.4 Å². The molecule has 0 fully saturated rings. The maximum Gasteiger partial charge on any atom is 0.214 e. The first-order valence-electron chi connectivity index (χ1n) is 9.44. The van der Waals surface area contributed by atoms with Gasteiger partial charge in [-0.1, -0.05) is 37.3 Å². The lowest BCUT2D eigenvalue weighted by atomic mass is 10.1. The van der Waals surface area contributed by atoms with Crippen LogP contribution in [0.2, 0.25) is 0 Å². The molecule has 0 unspecified atom stereocenters. The summed E-state index contributed by atoms with van der Waals surface area (Å²) in [4.78, 5) is 0. The van der Waals surface area contributed by atoms with Gasteiger partial charge in [-0.15, -0.1) is 10.2 Å². The van der Waals surface area contributed by atoms with Crippen LogP contribution in [0.15, 0.2) is 36.7 Å². The summed E-state index contributed by atoms with van der Waals surface area (Å²) in [5.74, 6) is 0.831. The number of aromatic nitrogens is 5. The van der Waals surface area contributed by atoms with Crippen molar-refractivity contribution in [3.8, 4) is 11.5 Å². The smallest absolute Gasteiger partial charge is 0.214 e. The molecule has 2 aromatic heterocycles. The lowest BCUT2D eigenvalue weighted by Crippen LogP contribution is -2.37. The van der Waals surface area contributed by atoms with Crippen LogP contribution in [0.5, 0.6) is 0 Å². The summed E-state index contributed by atoms with van der Waals surface area (Å²) in [5.41, 5.74) is 3.84. The normalized spacial score (nSPS) is 14.9. The highest BCUT2D eigenvalue weighted by atomic mass is 32.2. The van der Waals surface area contributed by atoms with E-state index in [-0.39, 0.29) is 5.75 Å². The van der Waals surface area contributed by atoms with Gasteiger partial charge in [0.1, 0.15) is 12.0 Å². The third-order valence-electron chi connectivity index (χ3n) is 5.09. The Morgan fingerprint density at radius 3 is 2.71 bits per heavy atom. The minimum atomic E-state index is -3.26. The third-order valence-corrected chi connectivity index (χ3v) is 7.11. The van der Waals surface area contributed by atoms with Gasteiger partial charge in [-0.3, -0.25) is 4.68 Å². The molecule has 4 rings (SSSR count). The standard InChI is InChI=1S/C19H24N6O2S/c1-3-11-28(26,27)25-10-9-17-16(13-25)18(22-23(17)2)19-21-20-14-24(19)12-15-7-5-4-6-8-15/h4-8,14H,3,9-13H2,1-2H3. The van der Waals surface area contributed by atoms with Crippen molar-refractivity contribution in [2.75, 3.05) is 12.3 Å². The molecule has 1 aliphatic rings. The Morgan fingerprint density at radius 2 is 1.96 bits per heavy atom. The molecule has 8 nitrogen and oxygen atoms in total. The highest BCUT2D eigenvalue weighted by Gasteiger charge is 2.31. The monoisotopic (exact) mass is 400 g/mol. The van der Waals surface area contributed by atoms with Gasteiger partial charge in [-0.2, -0.15) is 9.40 Å². The van der Waals surface area contributed by atoms with Crippen molar-refractivity contribution in [1.29, 1.82) is 0 Å². The maximum absolute atomic E-state index is 12.6. The van der Waals surface area contributed by atoms with E-state index in [9.17, 15) is 8.42 Å². The summed E-state index contributed by atoms with van der Waals surface area (Å²) in [6.45, 7) is 3.34. The van der Waals surface area contributed by atoms with Crippen LogP contribution in [0.4, 0.5) is 0 Å². The second kappa shape index (κ2) is 7.48. The molecule has 9 heteroatoms. The molecule has 1 aromatic carbocycles. The highest BCUT2D eigenvalue weighted by Crippen LogP contribution is 2.30. The van der Waals surface area contributed by atoms with Crippen molar-refractivity contribution in [2.24, 2.45) is 7.05 Å². The number of hydrogen-bond donors (Lipinski definition) is 0. The predicted octanol–water partition coefficient (Wildman–Crippen LogP) is 1.82. The van der Waals surface area contributed by atoms with Gasteiger partial charge < -0.3 is 4.57 Å². The van der Waals surface area contributed by atoms with Crippen LogP contribution in [0.25, 0.3) is 11.5 Å². The molecule has 28 heavy (non-hydrogen) atoms. The number of aryl methyl sites for hydroxylation is 1. The van der Waals surface area contributed by atoms with E-state index >= 15 is 0 Å². The molecule has 1 aliphatic heterocycles. The first kappa shape index (κ1) is 18.8. The number of sulfonamides is 1. The van der Waals surface area contributed by atoms with E-state index < -0.39 is 10.0 Å². The molecule has 148 valence electrons. The zero-order valence-electron chi connectivity index (χ0n) is 16.1. The van der Waals surface area contributed by atoms with E-state index in [1.165, 1.54) is 0 Å². The minimum Gasteiger partial charge on any atom is -0.308 e. The minimum absolute atomic E-state index is 0.169. The van der Waals surface area contributed by atoms with Crippen molar-refractivity contribution in [3.63, 3.8) is 0 Å². The zero-order chi connectivity index (χ0) is 19.7. The second-order valence-corrected chi connectivity index (χ2v) is 9.15. The number of benzene rings is 1. The quantitative estimate of drug-likeness (QED) is 0.630. The average molecular weight is 401 g/mol. The summed E-state index contributed by atoms with van der Waals surface area (Å²) >= 11 is 0. The summed E-state index contributed by atoms with van der Waals surface area (Å²) in [7, 11) is -1.36. The van der Waals surface area contributed by atoms with Crippen LogP contribution < -0.4 is 0 Å². The summed E-state index contributed by atoms with van der Waals surface area (Å²) in [6, 6.07) is 10.1. The summed E-state index contributed by atoms with van der Waals surface area (Å²) < 4.78 is 30.5. The van der Waals surface area contributed by atoms with Gasteiger partial charge in [-0.05, 0) is 12.0 Å². The Labute approximate surface area is 164 Å². The molecule has 3 heterocycles. The maximum atomic E-state index is 12.6. The third kappa shape index (κ3) is 3.47. The van der Waals surface area contributed by atoms with Gasteiger partial charge in [0.25, 0.3) is 0 Å². The fourth-order valence-corrected chi connectivity index (χ4v) is 5.18. The average Bonchev–Trinajstić information content (AvgIpc) is 3.26. The number of hydrogen-bond acceptors (Lipinski definition) is 5. The molecule has 0 saturated carbocycles. The number of rotatable bonds is 6. The Kier molecular flexibility index (Phi) is 5.03. The molecule has 0 atom stereocenters. The van der Waals surface area contributed by atoms with E-state index in [1.54, 1.807) is 10.6 Å². The Bertz CT molecular complexity index is 1070. The fourth-order valence-electron chi connectivity index (χ4n) is 3.71. The molecule has 0 saturated heterocycles. The fraction of sp³-hybridized carbons (Fsp3) is 0.421. The molecule has 0 bridgehead atoms. The van der Waals surface area contributed by atoms with Crippen LogP contribution in [-0.2, 0) is 36.6 Å². The Balaban J connectivity index is 1.70. The van der Waals surface area contributed by atoms with Gasteiger partial charge in [0.05, 0.1) is 12.3 Å². The van der Waals surface area contributed by atoms with Crippen molar-refractivity contribution < 1.29 is 8.42 Å². The van der Waals surface area contributed by atoms with E-state index in [0.29, 0.717) is 44.0 Å². The lowest BCUT2D eigenvalue weighted by Gasteiger charge is -2.26. The second-order valence-electron chi connectivity index (χ2n) is 7.07. The predicted molar refractivity (Wildman–Crippen MR) is 106 cm³/mol. The topological polar surface area (TPSA) is 85.9 Å². The summed E-state index contributed by atoms with van der Waals surface area (Å²) in [6.07, 6.45) is 2.95. The van der Waals surface area contributed by atoms with Crippen molar-refractivity contribution in [2.45, 2.75) is 32.9 Å². The zero-order valence-corrected chi connectivity index (χ0v) is 16.9. The highest BCUT2D eigenvalue weighted by molar-refractivity contribution is 7.89. The van der Waals surface area contributed by atoms with E-state index in [0.717, 1.165) is 16.8 Å². The largest absolute Gasteiger partial charge is 0.308 e. The Hall–Kier alpha value is -2.52. The number of nitrogens with zero attached hydrogens (tertiary/aromatic N) is 6. The van der Waals surface area contributed by atoms with E-state index in [1.807, 2.05) is 41.4 Å². The van der Waals surface area contributed by atoms with Gasteiger partial charge in [0.2, 0.25) is 10.0 Å². The molecule has 0 spiro atoms. The van der Waals surface area contributed by atoms with Crippen LogP contribution in [-0.4, -0.2) is 49.6 Å². The van der Waals surface area contributed by atoms with Crippen LogP contribution in [0.3, 0.4) is 0 Å². The van der Waals surface area contributed by atoms with E-state index in [4.69, 9.17) is 0 Å². The van der Waals surface area contributed by atoms with Crippen LogP contribution in [0.1, 0.15) is 30.2 Å². The number of fused-ring (bicyclic) bond motifs is 1. The van der Waals surface area contributed by atoms with Gasteiger partial charge >= 0.3 is 0 Å². The molecule has 0 radical (unpaired) electrons. The summed E-state index contributed by atoms with van der Waals surface area (Å²) in [5, 5.41) is 13.1. The van der Waals surface area contributed by atoms with Crippen LogP contribution in [0, 0.1) is 0 Å². The van der Waals surface area contributed by atoms with Gasteiger partial charge in [0, 0.05) is 37.8 Å². The molecule has 0 aliphatic carbocycles. The molecule has 0 N–H and O–H groups in total. The molecule has 3 aromatic rings. The first-order chi connectivity index (χ1) is 13.5. The molecular weight excluding hydrogens is 376 g/mol. The van der Waals surface area contributed by atoms with Gasteiger partial charge in [0.15, 0.2) is 5.82 Å². The van der Waals surface area contributed by atoms with Crippen molar-refractivity contribution in [1.82, 2.24) is 28.9 Å². The van der Waals surface area contributed by atoms with Crippen LogP contribution >= 0.6 is 0 Å². The van der Waals surface area contributed by atoms with Crippen molar-refractivity contribution in [3.05, 3.63) is 53.5 Å². The molecular formula is C19H24N6O2S. The SMILES string of the molecule is CCCS(=O)(=O)N1CCc2c(c(-c3nncn3Cc3ccccc3)nn2C)C1. The van der Waals surface area contributed by atoms with Crippen molar-refractivity contribution >= 4 is 10.0 Å². The Morgan fingerprint density at radius 1 is 1.18 bits per heavy atom. The van der Waals surface area contributed by atoms with Gasteiger partial charge in [-0.25, -0.2) is 8.42 Å². The first-order valence-corrected chi connectivity index (χ1v) is 11.0. The lowest BCUT2D eigenvalue weighted by molar-refractivity contribution is 0.386. The molecule has 0 amide bonds.